The summed E-state index contributed by atoms with van der Waals surface area (Å²) in [5.74, 6) is 1.67. The molecule has 8 atom stereocenters. The van der Waals surface area contributed by atoms with Gasteiger partial charge < -0.3 is 9.47 Å². The second-order valence-electron chi connectivity index (χ2n) is 15.2. The van der Waals surface area contributed by atoms with Crippen molar-refractivity contribution < 1.29 is 19.1 Å². The monoisotopic (exact) mass is 528 g/mol. The molecular formula is C34H56O4. The van der Waals surface area contributed by atoms with Gasteiger partial charge >= 0.3 is 5.97 Å². The quantitative estimate of drug-likeness (QED) is 0.136. The third-order valence-corrected chi connectivity index (χ3v) is 12.4. The van der Waals surface area contributed by atoms with Crippen LogP contribution in [0.1, 0.15) is 150 Å². The Bertz CT molecular complexity index is 880. The van der Waals surface area contributed by atoms with Crippen molar-refractivity contribution >= 4 is 11.8 Å². The molecule has 1 saturated heterocycles. The number of esters is 1. The molecule has 1 heterocycles. The number of carbonyl (C=O) groups excluding carboxylic acids is 2. The van der Waals surface area contributed by atoms with E-state index in [9.17, 15) is 9.59 Å². The molecule has 1 spiro atoms. The lowest BCUT2D eigenvalue weighted by molar-refractivity contribution is -0.204. The van der Waals surface area contributed by atoms with E-state index in [-0.39, 0.29) is 33.6 Å². The summed E-state index contributed by atoms with van der Waals surface area (Å²) in [6.45, 7) is 11.4. The van der Waals surface area contributed by atoms with Crippen molar-refractivity contribution in [3.05, 3.63) is 0 Å². The van der Waals surface area contributed by atoms with E-state index in [0.717, 1.165) is 19.3 Å². The molecule has 0 radical (unpaired) electrons. The Morgan fingerprint density at radius 2 is 1.50 bits per heavy atom. The van der Waals surface area contributed by atoms with E-state index in [0.29, 0.717) is 36.7 Å². The van der Waals surface area contributed by atoms with Crippen LogP contribution in [0.4, 0.5) is 0 Å². The van der Waals surface area contributed by atoms with Gasteiger partial charge in [0.2, 0.25) is 0 Å². The van der Waals surface area contributed by atoms with Crippen LogP contribution in [0.25, 0.3) is 0 Å². The predicted octanol–water partition coefficient (Wildman–Crippen LogP) is 8.59. The first kappa shape index (κ1) is 28.6. The molecule has 5 fully saturated rings. The first-order valence-corrected chi connectivity index (χ1v) is 16.5. The average Bonchev–Trinajstić information content (AvgIpc) is 3.54. The fourth-order valence-electron chi connectivity index (χ4n) is 10.6. The molecule has 216 valence electrons. The molecule has 2 bridgehead atoms. The van der Waals surface area contributed by atoms with Crippen molar-refractivity contribution in [3.63, 3.8) is 0 Å². The van der Waals surface area contributed by atoms with E-state index < -0.39 is 6.10 Å². The van der Waals surface area contributed by atoms with Crippen LogP contribution in [0.5, 0.6) is 0 Å². The van der Waals surface area contributed by atoms with Crippen molar-refractivity contribution in [2.45, 2.75) is 168 Å². The van der Waals surface area contributed by atoms with Gasteiger partial charge in [0.15, 0.2) is 11.9 Å². The van der Waals surface area contributed by atoms with Crippen molar-refractivity contribution in [2.24, 2.45) is 34.0 Å². The van der Waals surface area contributed by atoms with E-state index in [1.54, 1.807) is 0 Å². The summed E-state index contributed by atoms with van der Waals surface area (Å²) >= 11 is 0. The fourth-order valence-corrected chi connectivity index (χ4v) is 10.6. The number of epoxide rings is 1. The van der Waals surface area contributed by atoms with Crippen LogP contribution >= 0.6 is 0 Å². The number of ketones is 1. The molecule has 0 aromatic carbocycles. The molecule has 5 aliphatic rings. The molecule has 0 amide bonds. The highest BCUT2D eigenvalue weighted by atomic mass is 16.6. The number of Topliss-reactive ketones (excluding diaryl/α,β-unsaturated/α-hetero) is 1. The average molecular weight is 529 g/mol. The Balaban J connectivity index is 1.09. The molecule has 1 aliphatic heterocycles. The number of hydrogen-bond donors (Lipinski definition) is 0. The SMILES string of the molecule is CCCCCCCCCCCCCC(=O)O[C@@H]1C(=O)C[C@]2(C)[C@H](CC[C@]34C[C@H](CC[C@@H]23)[C@]2(C)O[C@H]42)C1(C)C. The summed E-state index contributed by atoms with van der Waals surface area (Å²) in [4.78, 5) is 26.6. The summed E-state index contributed by atoms with van der Waals surface area (Å²) in [6.07, 6.45) is 20.9. The third-order valence-electron chi connectivity index (χ3n) is 12.4. The minimum absolute atomic E-state index is 0.0140. The van der Waals surface area contributed by atoms with Crippen molar-refractivity contribution in [1.29, 1.82) is 0 Å². The smallest absolute Gasteiger partial charge is 0.306 e. The third kappa shape index (κ3) is 4.81. The minimum Gasteiger partial charge on any atom is -0.454 e. The van der Waals surface area contributed by atoms with E-state index >= 15 is 0 Å². The summed E-state index contributed by atoms with van der Waals surface area (Å²) < 4.78 is 12.4. The van der Waals surface area contributed by atoms with Crippen molar-refractivity contribution in [1.82, 2.24) is 0 Å². The maximum absolute atomic E-state index is 13.7. The second kappa shape index (κ2) is 10.8. The summed E-state index contributed by atoms with van der Waals surface area (Å²) in [7, 11) is 0. The first-order chi connectivity index (χ1) is 18.1. The van der Waals surface area contributed by atoms with Crippen LogP contribution in [-0.4, -0.2) is 29.6 Å². The van der Waals surface area contributed by atoms with Gasteiger partial charge in [-0.1, -0.05) is 91.9 Å². The standard InChI is InChI=1S/C34H56O4/c1-6-7-8-9-10-11-12-13-14-15-16-17-28(36)37-29-25(35)23-32(4)26(31(29,2)3)20-21-34-22-24(18-19-27(32)34)33(5)30(34)38-33/h24,26-27,29-30H,6-23H2,1-5H3/t24-,26+,27-,29+,30-,32+,33-,34-/m0/s1. The first-order valence-electron chi connectivity index (χ1n) is 16.5. The highest BCUT2D eigenvalue weighted by molar-refractivity contribution is 5.88. The van der Waals surface area contributed by atoms with Crippen LogP contribution in [0, 0.1) is 34.0 Å². The zero-order chi connectivity index (χ0) is 27.2. The predicted molar refractivity (Wildman–Crippen MR) is 152 cm³/mol. The van der Waals surface area contributed by atoms with Gasteiger partial charge in [0.25, 0.3) is 0 Å². The Labute approximate surface area is 232 Å². The number of unbranched alkanes of at least 4 members (excludes halogenated alkanes) is 10. The largest absolute Gasteiger partial charge is 0.454 e. The molecular weight excluding hydrogens is 472 g/mol. The lowest BCUT2D eigenvalue weighted by Crippen LogP contribution is -2.63. The van der Waals surface area contributed by atoms with Gasteiger partial charge in [-0.25, -0.2) is 0 Å². The molecule has 4 heteroatoms. The normalized spacial score (nSPS) is 42.2. The van der Waals surface area contributed by atoms with Gasteiger partial charge in [-0.15, -0.1) is 0 Å². The highest BCUT2D eigenvalue weighted by Crippen LogP contribution is 2.77. The maximum Gasteiger partial charge on any atom is 0.306 e. The number of ether oxygens (including phenoxy) is 2. The molecule has 0 aromatic heterocycles. The Morgan fingerprint density at radius 3 is 2.16 bits per heavy atom. The molecule has 4 nitrogen and oxygen atoms in total. The number of carbonyl (C=O) groups is 2. The molecule has 4 saturated carbocycles. The molecule has 0 N–H and O–H groups in total. The summed E-state index contributed by atoms with van der Waals surface area (Å²) in [5, 5.41) is 0. The Hall–Kier alpha value is -0.900. The van der Waals surface area contributed by atoms with Gasteiger partial charge in [0, 0.05) is 23.7 Å². The van der Waals surface area contributed by atoms with Gasteiger partial charge in [-0.3, -0.25) is 9.59 Å². The van der Waals surface area contributed by atoms with Gasteiger partial charge in [-0.2, -0.15) is 0 Å². The fraction of sp³-hybridized carbons (Fsp3) is 0.941. The zero-order valence-corrected chi connectivity index (χ0v) is 25.2. The Morgan fingerprint density at radius 1 is 0.868 bits per heavy atom. The minimum atomic E-state index is -0.586. The lowest BCUT2D eigenvalue weighted by atomic mass is 9.40. The van der Waals surface area contributed by atoms with Crippen LogP contribution < -0.4 is 0 Å². The number of fused-ring (bicyclic) bond motifs is 5. The highest BCUT2D eigenvalue weighted by Gasteiger charge is 2.79. The Kier molecular flexibility index (Phi) is 8.15. The van der Waals surface area contributed by atoms with E-state index in [1.807, 2.05) is 0 Å². The molecule has 4 aliphatic carbocycles. The summed E-state index contributed by atoms with van der Waals surface area (Å²) in [5.41, 5.74) is 0.0534. The summed E-state index contributed by atoms with van der Waals surface area (Å²) in [6, 6.07) is 0. The van der Waals surface area contributed by atoms with Gasteiger partial charge in [0.1, 0.15) is 0 Å². The second-order valence-corrected chi connectivity index (χ2v) is 15.2. The zero-order valence-electron chi connectivity index (χ0n) is 25.2. The van der Waals surface area contributed by atoms with E-state index in [2.05, 4.69) is 34.6 Å². The van der Waals surface area contributed by atoms with Gasteiger partial charge in [0.05, 0.1) is 11.7 Å². The van der Waals surface area contributed by atoms with E-state index in [1.165, 1.54) is 83.5 Å². The number of rotatable bonds is 13. The molecule has 0 aromatic rings. The van der Waals surface area contributed by atoms with Gasteiger partial charge in [-0.05, 0) is 68.6 Å². The van der Waals surface area contributed by atoms with Crippen LogP contribution in [-0.2, 0) is 19.1 Å². The van der Waals surface area contributed by atoms with Crippen LogP contribution in [0.15, 0.2) is 0 Å². The molecule has 38 heavy (non-hydrogen) atoms. The lowest BCUT2D eigenvalue weighted by Gasteiger charge is -2.64. The van der Waals surface area contributed by atoms with Crippen molar-refractivity contribution in [2.75, 3.05) is 0 Å². The molecule has 0 unspecified atom stereocenters. The van der Waals surface area contributed by atoms with Crippen LogP contribution in [0.2, 0.25) is 0 Å². The van der Waals surface area contributed by atoms with Crippen molar-refractivity contribution in [3.8, 4) is 0 Å². The maximum atomic E-state index is 13.7. The number of hydrogen-bond acceptors (Lipinski definition) is 4. The van der Waals surface area contributed by atoms with E-state index in [4.69, 9.17) is 9.47 Å². The van der Waals surface area contributed by atoms with Crippen LogP contribution in [0.3, 0.4) is 0 Å². The topological polar surface area (TPSA) is 55.9 Å². The molecule has 5 rings (SSSR count).